The van der Waals surface area contributed by atoms with Gasteiger partial charge < -0.3 is 14.6 Å². The summed E-state index contributed by atoms with van der Waals surface area (Å²) in [5.41, 5.74) is 2.69. The molecule has 8 atom stereocenters. The van der Waals surface area contributed by atoms with Crippen LogP contribution in [0.2, 0.25) is 0 Å². The zero-order chi connectivity index (χ0) is 24.3. The number of allylic oxidation sites excluding steroid dienone is 1. The molecule has 3 heteroatoms. The molecule has 0 aliphatic heterocycles. The first-order valence-corrected chi connectivity index (χ1v) is 14.8. The summed E-state index contributed by atoms with van der Waals surface area (Å²) in [5, 5.41) is 8.86. The van der Waals surface area contributed by atoms with Gasteiger partial charge in [-0.25, -0.2) is 0 Å². The Morgan fingerprint density at radius 1 is 0.971 bits per heavy atom. The first-order valence-electron chi connectivity index (χ1n) is 14.8. The third-order valence-electron chi connectivity index (χ3n) is 11.1. The molecule has 6 unspecified atom stereocenters. The lowest BCUT2D eigenvalue weighted by Crippen LogP contribution is -2.51. The predicted molar refractivity (Wildman–Crippen MR) is 141 cm³/mol. The molecule has 0 aromatic rings. The number of hydrogen-bond donors (Lipinski definition) is 1. The van der Waals surface area contributed by atoms with Crippen molar-refractivity contribution in [1.82, 2.24) is 0 Å². The Morgan fingerprint density at radius 2 is 1.79 bits per heavy atom. The molecule has 3 saturated carbocycles. The van der Waals surface area contributed by atoms with Crippen LogP contribution in [0.5, 0.6) is 0 Å². The van der Waals surface area contributed by atoms with Crippen molar-refractivity contribution in [3.63, 3.8) is 0 Å². The monoisotopic (exact) mass is 474 g/mol. The van der Waals surface area contributed by atoms with E-state index in [9.17, 15) is 0 Å². The van der Waals surface area contributed by atoms with Crippen molar-refractivity contribution < 1.29 is 14.6 Å². The van der Waals surface area contributed by atoms with Crippen LogP contribution in [0, 0.1) is 46.3 Å². The van der Waals surface area contributed by atoms with Gasteiger partial charge in [0.25, 0.3) is 0 Å². The van der Waals surface area contributed by atoms with Gasteiger partial charge in [-0.3, -0.25) is 0 Å². The van der Waals surface area contributed by atoms with Crippen LogP contribution in [-0.4, -0.2) is 37.6 Å². The Morgan fingerprint density at radius 3 is 2.56 bits per heavy atom. The van der Waals surface area contributed by atoms with E-state index >= 15 is 0 Å². The minimum Gasteiger partial charge on any atom is -0.394 e. The van der Waals surface area contributed by atoms with E-state index in [-0.39, 0.29) is 6.61 Å². The van der Waals surface area contributed by atoms with Gasteiger partial charge in [0, 0.05) is 0 Å². The van der Waals surface area contributed by atoms with E-state index in [1.807, 2.05) is 0 Å². The number of hydrogen-bond acceptors (Lipinski definition) is 3. The minimum atomic E-state index is 0.0923. The molecule has 34 heavy (non-hydrogen) atoms. The van der Waals surface area contributed by atoms with E-state index in [2.05, 4.69) is 40.7 Å². The molecule has 3 nitrogen and oxygen atoms in total. The maximum atomic E-state index is 8.86. The predicted octanol–water partition coefficient (Wildman–Crippen LogP) is 7.42. The molecule has 0 spiro atoms. The summed E-state index contributed by atoms with van der Waals surface area (Å²) < 4.78 is 11.6. The quantitative estimate of drug-likeness (QED) is 0.250. The molecule has 1 N–H and O–H groups in total. The van der Waals surface area contributed by atoms with E-state index in [4.69, 9.17) is 14.6 Å². The third-order valence-corrected chi connectivity index (χ3v) is 11.1. The van der Waals surface area contributed by atoms with Crippen molar-refractivity contribution in [3.8, 4) is 0 Å². The highest BCUT2D eigenvalue weighted by molar-refractivity contribution is 5.25. The zero-order valence-electron chi connectivity index (χ0n) is 23.0. The Labute approximate surface area is 210 Å². The van der Waals surface area contributed by atoms with Crippen LogP contribution in [-0.2, 0) is 9.47 Å². The molecular weight excluding hydrogens is 420 g/mol. The SMILES string of the molecule is CC(C)CCCC(C)C1CCC2C3CC=C4CC(OCCOCCO)CC[C@@]4(C)C3CC[C@@]12C. The minimum absolute atomic E-state index is 0.0923. The van der Waals surface area contributed by atoms with Crippen LogP contribution in [0.4, 0.5) is 0 Å². The molecule has 0 aromatic carbocycles. The van der Waals surface area contributed by atoms with Crippen molar-refractivity contribution in [2.24, 2.45) is 46.3 Å². The zero-order valence-corrected chi connectivity index (χ0v) is 23.0. The summed E-state index contributed by atoms with van der Waals surface area (Å²) in [4.78, 5) is 0. The van der Waals surface area contributed by atoms with E-state index in [0.717, 1.165) is 41.9 Å². The first-order chi connectivity index (χ1) is 16.3. The molecule has 3 fully saturated rings. The highest BCUT2D eigenvalue weighted by Crippen LogP contribution is 2.67. The van der Waals surface area contributed by atoms with E-state index < -0.39 is 0 Å². The lowest BCUT2D eigenvalue weighted by molar-refractivity contribution is -0.0683. The summed E-state index contributed by atoms with van der Waals surface area (Å²) in [7, 11) is 0. The maximum absolute atomic E-state index is 8.86. The van der Waals surface area contributed by atoms with Gasteiger partial charge in [0.1, 0.15) is 0 Å². The second-order valence-corrected chi connectivity index (χ2v) is 13.4. The van der Waals surface area contributed by atoms with Gasteiger partial charge in [0.05, 0.1) is 32.5 Å². The van der Waals surface area contributed by atoms with Crippen molar-refractivity contribution in [2.45, 2.75) is 111 Å². The summed E-state index contributed by atoms with van der Waals surface area (Å²) in [5.74, 6) is 5.42. The van der Waals surface area contributed by atoms with Gasteiger partial charge in [0.2, 0.25) is 0 Å². The Hall–Kier alpha value is -0.380. The fourth-order valence-corrected chi connectivity index (χ4v) is 9.23. The van der Waals surface area contributed by atoms with Crippen LogP contribution < -0.4 is 0 Å². The number of ether oxygens (including phenoxy) is 2. The van der Waals surface area contributed by atoms with Crippen LogP contribution in [0.15, 0.2) is 11.6 Å². The van der Waals surface area contributed by atoms with E-state index in [0.29, 0.717) is 36.8 Å². The van der Waals surface area contributed by atoms with Gasteiger partial charge >= 0.3 is 0 Å². The maximum Gasteiger partial charge on any atom is 0.0704 e. The first kappa shape index (κ1) is 26.7. The number of aliphatic hydroxyl groups excluding tert-OH is 1. The second-order valence-electron chi connectivity index (χ2n) is 13.4. The topological polar surface area (TPSA) is 38.7 Å². The van der Waals surface area contributed by atoms with Crippen molar-refractivity contribution >= 4 is 0 Å². The van der Waals surface area contributed by atoms with Gasteiger partial charge in [-0.1, -0.05) is 65.5 Å². The summed E-state index contributed by atoms with van der Waals surface area (Å²) in [6, 6.07) is 0. The van der Waals surface area contributed by atoms with E-state index in [1.54, 1.807) is 5.57 Å². The van der Waals surface area contributed by atoms with Gasteiger partial charge in [-0.2, -0.15) is 0 Å². The van der Waals surface area contributed by atoms with E-state index in [1.165, 1.54) is 64.2 Å². The number of aliphatic hydroxyl groups is 1. The highest BCUT2D eigenvalue weighted by Gasteiger charge is 2.59. The second kappa shape index (κ2) is 11.3. The third kappa shape index (κ3) is 5.32. The van der Waals surface area contributed by atoms with Crippen molar-refractivity contribution in [2.75, 3.05) is 26.4 Å². The average molecular weight is 475 g/mol. The van der Waals surface area contributed by atoms with Crippen LogP contribution in [0.3, 0.4) is 0 Å². The normalized spacial score (nSPS) is 40.4. The fourth-order valence-electron chi connectivity index (χ4n) is 9.23. The van der Waals surface area contributed by atoms with Crippen molar-refractivity contribution in [3.05, 3.63) is 11.6 Å². The molecule has 0 radical (unpaired) electrons. The highest BCUT2D eigenvalue weighted by atomic mass is 16.5. The molecule has 0 bridgehead atoms. The molecule has 0 aromatic heterocycles. The molecular formula is C31H54O3. The summed E-state index contributed by atoms with van der Waals surface area (Å²) >= 11 is 0. The standard InChI is InChI=1S/C31H54O3/c1-22(2)7-6-8-23(3)27-11-12-28-26-10-9-24-21-25(34-20-19-33-18-17-32)13-15-30(24,4)29(26)14-16-31(27,28)5/h9,22-23,25-29,32H,6-8,10-21H2,1-5H3/t23?,25?,26?,27?,28?,29?,30-,31+/m1/s1. The molecule has 0 saturated heterocycles. The molecule has 4 aliphatic carbocycles. The number of fused-ring (bicyclic) bond motifs is 5. The van der Waals surface area contributed by atoms with Gasteiger partial charge in [0.15, 0.2) is 0 Å². The Bertz CT molecular complexity index is 686. The molecule has 4 rings (SSSR count). The van der Waals surface area contributed by atoms with Crippen LogP contribution >= 0.6 is 0 Å². The van der Waals surface area contributed by atoms with Crippen molar-refractivity contribution in [1.29, 1.82) is 0 Å². The molecule has 0 heterocycles. The smallest absolute Gasteiger partial charge is 0.0704 e. The van der Waals surface area contributed by atoms with Crippen LogP contribution in [0.25, 0.3) is 0 Å². The lowest BCUT2D eigenvalue weighted by Gasteiger charge is -2.58. The Kier molecular flexibility index (Phi) is 8.90. The van der Waals surface area contributed by atoms with Gasteiger partial charge in [-0.05, 0) is 97.7 Å². The molecule has 0 amide bonds. The lowest BCUT2D eigenvalue weighted by atomic mass is 9.47. The van der Waals surface area contributed by atoms with Gasteiger partial charge in [-0.15, -0.1) is 0 Å². The number of rotatable bonds is 11. The summed E-state index contributed by atoms with van der Waals surface area (Å²) in [6.45, 7) is 14.4. The largest absolute Gasteiger partial charge is 0.394 e. The molecule has 4 aliphatic rings. The van der Waals surface area contributed by atoms with Crippen LogP contribution in [0.1, 0.15) is 105 Å². The molecule has 196 valence electrons. The average Bonchev–Trinajstić information content (AvgIpc) is 3.16. The Balaban J connectivity index is 1.37. The summed E-state index contributed by atoms with van der Waals surface area (Å²) in [6.07, 6.45) is 18.1. The fraction of sp³-hybridized carbons (Fsp3) is 0.935.